The van der Waals surface area contributed by atoms with Crippen molar-refractivity contribution in [2.24, 2.45) is 0 Å². The molecule has 2 aliphatic heterocycles. The van der Waals surface area contributed by atoms with Crippen LogP contribution < -0.4 is 4.74 Å². The summed E-state index contributed by atoms with van der Waals surface area (Å²) in [4.78, 5) is 28.8. The van der Waals surface area contributed by atoms with Gasteiger partial charge in [0, 0.05) is 44.8 Å². The van der Waals surface area contributed by atoms with Gasteiger partial charge in [0.05, 0.1) is 7.11 Å². The van der Waals surface area contributed by atoms with Gasteiger partial charge in [0.15, 0.2) is 0 Å². The molecule has 1 aromatic carbocycles. The second-order valence-corrected chi connectivity index (χ2v) is 7.07. The van der Waals surface area contributed by atoms with Crippen LogP contribution in [0, 0.1) is 0 Å². The third-order valence-electron chi connectivity index (χ3n) is 5.31. The van der Waals surface area contributed by atoms with Crippen molar-refractivity contribution in [3.8, 4) is 5.75 Å². The molecule has 154 valence electrons. The fourth-order valence-corrected chi connectivity index (χ4v) is 3.84. The van der Waals surface area contributed by atoms with Crippen LogP contribution in [0.1, 0.15) is 18.4 Å². The molecule has 2 aliphatic rings. The molecule has 0 aromatic heterocycles. The van der Waals surface area contributed by atoms with Crippen LogP contribution >= 0.6 is 0 Å². The molecule has 2 saturated heterocycles. The van der Waals surface area contributed by atoms with Gasteiger partial charge in [-0.2, -0.15) is 13.2 Å². The van der Waals surface area contributed by atoms with Crippen molar-refractivity contribution in [3.05, 3.63) is 29.8 Å². The predicted molar refractivity (Wildman–Crippen MR) is 95.6 cm³/mol. The number of ether oxygens (including phenoxy) is 1. The number of rotatable bonds is 4. The minimum Gasteiger partial charge on any atom is -0.496 e. The van der Waals surface area contributed by atoms with Gasteiger partial charge < -0.3 is 14.5 Å². The van der Waals surface area contributed by atoms with Gasteiger partial charge >= 0.3 is 12.1 Å². The highest BCUT2D eigenvalue weighted by Crippen LogP contribution is 2.27. The molecular weight excluding hydrogens is 375 g/mol. The van der Waals surface area contributed by atoms with Crippen LogP contribution in [0.25, 0.3) is 0 Å². The van der Waals surface area contributed by atoms with Crippen molar-refractivity contribution in [1.29, 1.82) is 0 Å². The summed E-state index contributed by atoms with van der Waals surface area (Å²) in [7, 11) is 1.62. The zero-order valence-electron chi connectivity index (χ0n) is 15.7. The largest absolute Gasteiger partial charge is 0.496 e. The van der Waals surface area contributed by atoms with E-state index < -0.39 is 18.1 Å². The normalized spacial score (nSPS) is 21.1. The number of hydrogen-bond acceptors (Lipinski definition) is 4. The SMILES string of the molecule is COc1ccccc1CN1CCN(C(=O)C2CCCN2C(=O)C(F)(F)F)CC1. The van der Waals surface area contributed by atoms with Crippen LogP contribution in [0.4, 0.5) is 13.2 Å². The number of hydrogen-bond donors (Lipinski definition) is 0. The maximum Gasteiger partial charge on any atom is 0.471 e. The quantitative estimate of drug-likeness (QED) is 0.776. The molecule has 1 atom stereocenters. The zero-order chi connectivity index (χ0) is 20.3. The van der Waals surface area contributed by atoms with Gasteiger partial charge in [-0.25, -0.2) is 0 Å². The van der Waals surface area contributed by atoms with Gasteiger partial charge in [0.2, 0.25) is 5.91 Å². The molecule has 0 spiro atoms. The number of piperazine rings is 1. The average molecular weight is 399 g/mol. The second kappa shape index (κ2) is 8.38. The highest BCUT2D eigenvalue weighted by Gasteiger charge is 2.48. The molecule has 0 N–H and O–H groups in total. The number of likely N-dealkylation sites (tertiary alicyclic amines) is 1. The number of carbonyl (C=O) groups is 2. The van der Waals surface area contributed by atoms with E-state index in [0.717, 1.165) is 11.3 Å². The molecule has 1 aromatic rings. The van der Waals surface area contributed by atoms with Gasteiger partial charge in [-0.05, 0) is 18.9 Å². The number of nitrogens with zero attached hydrogens (tertiary/aromatic N) is 3. The number of amides is 2. The minimum atomic E-state index is -4.95. The summed E-state index contributed by atoms with van der Waals surface area (Å²) in [5, 5.41) is 0. The first-order valence-corrected chi connectivity index (χ1v) is 9.32. The van der Waals surface area contributed by atoms with Crippen molar-refractivity contribution < 1.29 is 27.5 Å². The Morgan fingerprint density at radius 2 is 1.79 bits per heavy atom. The molecule has 0 saturated carbocycles. The molecule has 9 heteroatoms. The van der Waals surface area contributed by atoms with Crippen molar-refractivity contribution in [2.45, 2.75) is 31.6 Å². The predicted octanol–water partition coefficient (Wildman–Crippen LogP) is 1.89. The third kappa shape index (κ3) is 4.40. The Morgan fingerprint density at radius 1 is 1.11 bits per heavy atom. The van der Waals surface area contributed by atoms with E-state index in [1.165, 1.54) is 0 Å². The molecule has 2 fully saturated rings. The maximum absolute atomic E-state index is 12.8. The molecule has 28 heavy (non-hydrogen) atoms. The monoisotopic (exact) mass is 399 g/mol. The number of methoxy groups -OCH3 is 1. The molecule has 0 bridgehead atoms. The standard InChI is InChI=1S/C19H24F3N3O3/c1-28-16-7-3-2-5-14(16)13-23-9-11-24(12-10-23)17(26)15-6-4-8-25(15)18(27)19(20,21)22/h2-3,5,7,15H,4,6,8-13H2,1H3. The lowest BCUT2D eigenvalue weighted by atomic mass is 10.1. The van der Waals surface area contributed by atoms with E-state index in [0.29, 0.717) is 44.0 Å². The number of benzene rings is 1. The zero-order valence-corrected chi connectivity index (χ0v) is 15.7. The Morgan fingerprint density at radius 3 is 2.43 bits per heavy atom. The van der Waals surface area contributed by atoms with Crippen LogP contribution in [-0.4, -0.2) is 78.6 Å². The number of para-hydroxylation sites is 1. The average Bonchev–Trinajstić information content (AvgIpc) is 3.16. The second-order valence-electron chi connectivity index (χ2n) is 7.07. The first-order valence-electron chi connectivity index (χ1n) is 9.32. The number of alkyl halides is 3. The van der Waals surface area contributed by atoms with Crippen molar-refractivity contribution >= 4 is 11.8 Å². The van der Waals surface area contributed by atoms with E-state index in [2.05, 4.69) is 4.90 Å². The highest BCUT2D eigenvalue weighted by molar-refractivity contribution is 5.90. The van der Waals surface area contributed by atoms with E-state index in [4.69, 9.17) is 4.74 Å². The van der Waals surface area contributed by atoms with Gasteiger partial charge in [-0.3, -0.25) is 14.5 Å². The Hall–Kier alpha value is -2.29. The molecule has 0 aliphatic carbocycles. The van der Waals surface area contributed by atoms with E-state index >= 15 is 0 Å². The molecule has 6 nitrogen and oxygen atoms in total. The summed E-state index contributed by atoms with van der Waals surface area (Å²) in [5.74, 6) is -1.50. The minimum absolute atomic E-state index is 0.0253. The van der Waals surface area contributed by atoms with Gasteiger partial charge in [0.1, 0.15) is 11.8 Å². The number of halogens is 3. The number of carbonyl (C=O) groups excluding carboxylic acids is 2. The van der Waals surface area contributed by atoms with Gasteiger partial charge in [-0.15, -0.1) is 0 Å². The molecule has 2 heterocycles. The first-order chi connectivity index (χ1) is 13.3. The lowest BCUT2D eigenvalue weighted by Gasteiger charge is -2.37. The summed E-state index contributed by atoms with van der Waals surface area (Å²) < 4.78 is 43.7. The van der Waals surface area contributed by atoms with Crippen LogP contribution in [0.2, 0.25) is 0 Å². The lowest BCUT2D eigenvalue weighted by Crippen LogP contribution is -2.55. The molecule has 1 unspecified atom stereocenters. The van der Waals surface area contributed by atoms with Gasteiger partial charge in [0.25, 0.3) is 0 Å². The van der Waals surface area contributed by atoms with Crippen molar-refractivity contribution in [1.82, 2.24) is 14.7 Å². The van der Waals surface area contributed by atoms with E-state index in [-0.39, 0.29) is 18.9 Å². The van der Waals surface area contributed by atoms with Gasteiger partial charge in [-0.1, -0.05) is 18.2 Å². The molecular formula is C19H24F3N3O3. The Bertz CT molecular complexity index is 718. The fourth-order valence-electron chi connectivity index (χ4n) is 3.84. The Labute approximate surface area is 161 Å². The van der Waals surface area contributed by atoms with E-state index in [1.807, 2.05) is 24.3 Å². The molecule has 3 rings (SSSR count). The summed E-state index contributed by atoms with van der Waals surface area (Å²) in [6, 6.07) is 6.70. The van der Waals surface area contributed by atoms with E-state index in [9.17, 15) is 22.8 Å². The van der Waals surface area contributed by atoms with Crippen molar-refractivity contribution in [2.75, 3.05) is 39.8 Å². The Kier molecular flexibility index (Phi) is 6.12. The third-order valence-corrected chi connectivity index (χ3v) is 5.31. The van der Waals surface area contributed by atoms with E-state index in [1.54, 1.807) is 12.0 Å². The summed E-state index contributed by atoms with van der Waals surface area (Å²) in [6.45, 7) is 2.74. The molecule has 0 radical (unpaired) electrons. The molecule has 2 amide bonds. The summed E-state index contributed by atoms with van der Waals surface area (Å²) in [6.07, 6.45) is -4.26. The smallest absolute Gasteiger partial charge is 0.471 e. The Balaban J connectivity index is 1.57. The summed E-state index contributed by atoms with van der Waals surface area (Å²) in [5.41, 5.74) is 1.04. The van der Waals surface area contributed by atoms with Crippen LogP contribution in [0.3, 0.4) is 0 Å². The summed E-state index contributed by atoms with van der Waals surface area (Å²) >= 11 is 0. The van der Waals surface area contributed by atoms with Crippen LogP contribution in [0.5, 0.6) is 5.75 Å². The van der Waals surface area contributed by atoms with Crippen molar-refractivity contribution in [3.63, 3.8) is 0 Å². The van der Waals surface area contributed by atoms with Crippen LogP contribution in [-0.2, 0) is 16.1 Å². The maximum atomic E-state index is 12.8. The topological polar surface area (TPSA) is 53.1 Å². The first kappa shape index (κ1) is 20.4. The lowest BCUT2D eigenvalue weighted by molar-refractivity contribution is -0.187. The fraction of sp³-hybridized carbons (Fsp3) is 0.579. The van der Waals surface area contributed by atoms with Crippen LogP contribution in [0.15, 0.2) is 24.3 Å². The highest BCUT2D eigenvalue weighted by atomic mass is 19.4.